The third-order valence-corrected chi connectivity index (χ3v) is 15.0. The van der Waals surface area contributed by atoms with Crippen molar-refractivity contribution < 1.29 is 49.3 Å². The number of unbranched alkanes of at least 4 members (excludes halogenated alkanes) is 28. The molecule has 8 atom stereocenters. The number of carbonyl (C=O) groups is 2. The van der Waals surface area contributed by atoms with Gasteiger partial charge < -0.3 is 45.1 Å². The number of aliphatic hydroxyl groups is 5. The number of carbonyl (C=O) groups excluding carboxylic acids is 2. The third-order valence-electron chi connectivity index (χ3n) is 15.0. The second kappa shape index (κ2) is 57.0. The smallest absolute Gasteiger partial charge is 0.306 e. The molecule has 0 aromatic heterocycles. The molecule has 1 saturated heterocycles. The van der Waals surface area contributed by atoms with Gasteiger partial charge in [-0.25, -0.2) is 0 Å². The van der Waals surface area contributed by atoms with Crippen molar-refractivity contribution in [3.8, 4) is 0 Å². The lowest BCUT2D eigenvalue weighted by Crippen LogP contribution is -2.61. The summed E-state index contributed by atoms with van der Waals surface area (Å²) in [6, 6.07) is -1.03. The fourth-order valence-electron chi connectivity index (χ4n) is 9.79. The van der Waals surface area contributed by atoms with Gasteiger partial charge in [0.1, 0.15) is 24.4 Å². The maximum Gasteiger partial charge on any atom is 0.306 e. The van der Waals surface area contributed by atoms with Gasteiger partial charge in [-0.2, -0.15) is 0 Å². The van der Waals surface area contributed by atoms with Crippen LogP contribution in [0.2, 0.25) is 0 Å². The second-order valence-corrected chi connectivity index (χ2v) is 22.5. The van der Waals surface area contributed by atoms with Gasteiger partial charge in [0.25, 0.3) is 0 Å². The van der Waals surface area contributed by atoms with Gasteiger partial charge >= 0.3 is 5.97 Å². The summed E-state index contributed by atoms with van der Waals surface area (Å²) in [5.74, 6) is -1.21. The molecule has 81 heavy (non-hydrogen) atoms. The fraction of sp³-hybridized carbons (Fsp3) is 0.743. The molecule has 0 spiro atoms. The summed E-state index contributed by atoms with van der Waals surface area (Å²) in [5, 5.41) is 57.0. The zero-order valence-corrected chi connectivity index (χ0v) is 51.6. The quantitative estimate of drug-likeness (QED) is 0.0149. The first-order valence-electron chi connectivity index (χ1n) is 33.0. The van der Waals surface area contributed by atoms with Crippen LogP contribution in [0.25, 0.3) is 0 Å². The number of aliphatic hydroxyl groups excluding tert-OH is 5. The van der Waals surface area contributed by atoms with E-state index >= 15 is 0 Å². The van der Waals surface area contributed by atoms with Crippen LogP contribution in [0.15, 0.2) is 97.2 Å². The predicted molar refractivity (Wildman–Crippen MR) is 338 cm³/mol. The number of esters is 1. The summed E-state index contributed by atoms with van der Waals surface area (Å²) < 4.78 is 17.6. The Balaban J connectivity index is 2.59. The Morgan fingerprint density at radius 3 is 1.43 bits per heavy atom. The summed E-state index contributed by atoms with van der Waals surface area (Å²) in [4.78, 5) is 26.6. The van der Waals surface area contributed by atoms with Crippen LogP contribution in [0.3, 0.4) is 0 Å². The molecule has 8 unspecified atom stereocenters. The largest absolute Gasteiger partial charge is 0.454 e. The van der Waals surface area contributed by atoms with Crippen LogP contribution in [-0.4, -0.2) is 99.6 Å². The van der Waals surface area contributed by atoms with Crippen molar-refractivity contribution in [2.24, 2.45) is 0 Å². The SMILES string of the molecule is CC/C=C\C/C=C\C/C=C\C/C=C\C/C=C\CCCCCCCCCCCCC(O)C(=O)NC(COC1OC(CO)C(O)C(O)C1OC(=O)CCCCCCCC/C=C/C=C/CCCCC)C(O)/C=C/CCCCCCCCCCC. The number of hydrogen-bond acceptors (Lipinski definition) is 10. The minimum absolute atomic E-state index is 0.107. The molecule has 1 aliphatic rings. The highest BCUT2D eigenvalue weighted by Crippen LogP contribution is 2.26. The Morgan fingerprint density at radius 1 is 0.506 bits per heavy atom. The molecule has 11 heteroatoms. The second-order valence-electron chi connectivity index (χ2n) is 22.5. The molecule has 466 valence electrons. The normalized spacial score (nSPS) is 19.3. The first-order valence-corrected chi connectivity index (χ1v) is 33.0. The minimum atomic E-state index is -1.62. The van der Waals surface area contributed by atoms with Crippen LogP contribution < -0.4 is 5.32 Å². The van der Waals surface area contributed by atoms with E-state index in [2.05, 4.69) is 111 Å². The van der Waals surface area contributed by atoms with Crippen LogP contribution in [-0.2, 0) is 23.8 Å². The Labute approximate surface area is 495 Å². The zero-order chi connectivity index (χ0) is 58.9. The molecule has 6 N–H and O–H groups in total. The fourth-order valence-corrected chi connectivity index (χ4v) is 9.79. The molecular weight excluding hydrogens is 1010 g/mol. The third kappa shape index (κ3) is 44.7. The van der Waals surface area contributed by atoms with Gasteiger partial charge in [0, 0.05) is 6.42 Å². The Bertz CT molecular complexity index is 1690. The monoisotopic (exact) mass is 1140 g/mol. The number of ether oxygens (including phenoxy) is 3. The van der Waals surface area contributed by atoms with E-state index in [4.69, 9.17) is 14.2 Å². The summed E-state index contributed by atoms with van der Waals surface area (Å²) in [5.41, 5.74) is 0. The van der Waals surface area contributed by atoms with Crippen molar-refractivity contribution in [1.29, 1.82) is 0 Å². The van der Waals surface area contributed by atoms with Gasteiger partial charge in [0.05, 0.1) is 25.4 Å². The van der Waals surface area contributed by atoms with Crippen LogP contribution >= 0.6 is 0 Å². The summed E-state index contributed by atoms with van der Waals surface area (Å²) in [7, 11) is 0. The highest BCUT2D eigenvalue weighted by atomic mass is 16.7. The van der Waals surface area contributed by atoms with Crippen LogP contribution in [0.1, 0.15) is 271 Å². The molecule has 1 heterocycles. The van der Waals surface area contributed by atoms with Gasteiger partial charge in [0.2, 0.25) is 5.91 Å². The van der Waals surface area contributed by atoms with Crippen LogP contribution in [0.5, 0.6) is 0 Å². The van der Waals surface area contributed by atoms with Gasteiger partial charge in [0.15, 0.2) is 12.4 Å². The van der Waals surface area contributed by atoms with Crippen molar-refractivity contribution in [3.63, 3.8) is 0 Å². The van der Waals surface area contributed by atoms with Gasteiger partial charge in [-0.1, -0.05) is 266 Å². The molecular formula is C70H121NO10. The van der Waals surface area contributed by atoms with Crippen molar-refractivity contribution in [2.45, 2.75) is 320 Å². The molecule has 1 aliphatic heterocycles. The number of allylic oxidation sites excluding steroid dienone is 15. The van der Waals surface area contributed by atoms with Gasteiger partial charge in [-0.05, 0) is 96.3 Å². The molecule has 0 aromatic rings. The van der Waals surface area contributed by atoms with Crippen molar-refractivity contribution >= 4 is 11.9 Å². The van der Waals surface area contributed by atoms with E-state index in [1.165, 1.54) is 103 Å². The van der Waals surface area contributed by atoms with E-state index in [1.807, 2.05) is 6.08 Å². The average Bonchev–Trinajstić information content (AvgIpc) is 3.51. The van der Waals surface area contributed by atoms with Crippen LogP contribution in [0.4, 0.5) is 0 Å². The first-order chi connectivity index (χ1) is 39.7. The number of nitrogens with one attached hydrogen (secondary N) is 1. The van der Waals surface area contributed by atoms with Crippen molar-refractivity contribution in [1.82, 2.24) is 5.32 Å². The maximum absolute atomic E-state index is 13.5. The molecule has 0 aromatic carbocycles. The van der Waals surface area contributed by atoms with Crippen molar-refractivity contribution in [2.75, 3.05) is 13.2 Å². The molecule has 0 aliphatic carbocycles. The standard InChI is InChI=1S/C70H121NO10/c1-4-7-10-13-16-19-22-24-26-27-28-29-30-31-32-33-34-35-36-38-39-42-45-48-51-54-57-63(74)69(78)71-61(62(73)56-53-50-47-44-41-21-18-15-12-9-6-3)60-79-70-68(67(77)66(76)64(59-72)80-70)81-65(75)58-55-52-49-46-43-40-37-25-23-20-17-14-11-8-5-2/h7,10,16-17,19-20,23-26,28-29,31-32,53,56,61-64,66-68,70,72-74,76-77H,4-6,8-9,11-15,18,21-22,27,30,33-52,54-55,57-60H2,1-3H3,(H,71,78)/b10-7-,19-16-,20-17+,25-23+,26-24-,29-28-,32-31-,56-53+. The zero-order valence-electron chi connectivity index (χ0n) is 51.6. The Hall–Kier alpha value is -3.42. The van der Waals surface area contributed by atoms with E-state index in [-0.39, 0.29) is 19.4 Å². The number of rotatable bonds is 55. The van der Waals surface area contributed by atoms with E-state index in [0.29, 0.717) is 12.8 Å². The lowest BCUT2D eigenvalue weighted by molar-refractivity contribution is -0.305. The minimum Gasteiger partial charge on any atom is -0.454 e. The highest BCUT2D eigenvalue weighted by Gasteiger charge is 2.47. The lowest BCUT2D eigenvalue weighted by Gasteiger charge is -2.41. The van der Waals surface area contributed by atoms with Crippen molar-refractivity contribution in [3.05, 3.63) is 97.2 Å². The van der Waals surface area contributed by atoms with Gasteiger partial charge in [-0.3, -0.25) is 9.59 Å². The first kappa shape index (κ1) is 75.6. The average molecular weight is 1140 g/mol. The summed E-state index contributed by atoms with van der Waals surface area (Å²) in [6.45, 7) is 5.63. The number of amides is 1. The van der Waals surface area contributed by atoms with Gasteiger partial charge in [-0.15, -0.1) is 0 Å². The van der Waals surface area contributed by atoms with E-state index in [0.717, 1.165) is 122 Å². The molecule has 1 rings (SSSR count). The van der Waals surface area contributed by atoms with E-state index in [9.17, 15) is 35.1 Å². The van der Waals surface area contributed by atoms with Crippen LogP contribution in [0, 0.1) is 0 Å². The lowest BCUT2D eigenvalue weighted by atomic mass is 9.99. The molecule has 0 radical (unpaired) electrons. The number of hydrogen-bond donors (Lipinski definition) is 6. The van der Waals surface area contributed by atoms with E-state index < -0.39 is 67.4 Å². The summed E-state index contributed by atoms with van der Waals surface area (Å²) >= 11 is 0. The Kier molecular flexibility index (Phi) is 53.2. The maximum atomic E-state index is 13.5. The highest BCUT2D eigenvalue weighted by molar-refractivity contribution is 5.80. The molecule has 0 bridgehead atoms. The molecule has 11 nitrogen and oxygen atoms in total. The topological polar surface area (TPSA) is 175 Å². The molecule has 0 saturated carbocycles. The molecule has 1 amide bonds. The predicted octanol–water partition coefficient (Wildman–Crippen LogP) is 16.3. The summed E-state index contributed by atoms with van der Waals surface area (Å²) in [6.07, 6.45) is 65.9. The molecule has 1 fully saturated rings. The Morgan fingerprint density at radius 2 is 0.926 bits per heavy atom. The van der Waals surface area contributed by atoms with E-state index in [1.54, 1.807) is 6.08 Å².